The van der Waals surface area contributed by atoms with E-state index < -0.39 is 0 Å². The van der Waals surface area contributed by atoms with Crippen LogP contribution < -0.4 is 4.98 Å². The maximum Gasteiger partial charge on any atom is 0.381 e. The largest absolute Gasteiger partial charge is 0.385 e. The van der Waals surface area contributed by atoms with E-state index in [0.717, 1.165) is 81.8 Å². The van der Waals surface area contributed by atoms with Crippen LogP contribution in [0.2, 0.25) is 0 Å². The van der Waals surface area contributed by atoms with Crippen LogP contribution >= 0.6 is 0 Å². The van der Waals surface area contributed by atoms with E-state index in [1.165, 1.54) is 22.3 Å². The highest BCUT2D eigenvalue weighted by Crippen LogP contribution is 2.37. The van der Waals surface area contributed by atoms with Gasteiger partial charge in [0.2, 0.25) is 11.6 Å². The minimum Gasteiger partial charge on any atom is -0.385 e. The topological polar surface area (TPSA) is 68.8 Å². The lowest BCUT2D eigenvalue weighted by atomic mass is 10.0. The first-order chi connectivity index (χ1) is 18.3. The summed E-state index contributed by atoms with van der Waals surface area (Å²) in [6, 6.07) is 6.49. The van der Waals surface area contributed by atoms with Gasteiger partial charge in [0.05, 0.1) is 22.7 Å². The van der Waals surface area contributed by atoms with Gasteiger partial charge >= 0.3 is 5.89 Å². The monoisotopic (exact) mass is 505 g/mol. The first-order valence-corrected chi connectivity index (χ1v) is 13.5. The third-order valence-electron chi connectivity index (χ3n) is 7.81. The average Bonchev–Trinajstić information content (AvgIpc) is 3.55. The van der Waals surface area contributed by atoms with Gasteiger partial charge in [-0.15, -0.1) is 0 Å². The van der Waals surface area contributed by atoms with Crippen molar-refractivity contribution in [3.05, 3.63) is 89.2 Å². The minimum absolute atomic E-state index is 0.564. The minimum atomic E-state index is 0.564. The molecule has 0 aliphatic carbocycles. The molecule has 3 aliphatic rings. The van der Waals surface area contributed by atoms with E-state index in [1.807, 2.05) is 19.1 Å². The molecule has 5 nitrogen and oxygen atoms in total. The van der Waals surface area contributed by atoms with E-state index in [1.54, 1.807) is 0 Å². The SMILES string of the molecule is C=CC1=C(C)c2nc1cc1[nH]c(cc3nc(cc4[nH+]c(o2)C(C=C)=C4C)C(C)=C3CCC)c(CCC)c1C. The fourth-order valence-electron chi connectivity index (χ4n) is 5.58. The van der Waals surface area contributed by atoms with Crippen LogP contribution in [0.25, 0.3) is 44.5 Å². The summed E-state index contributed by atoms with van der Waals surface area (Å²) in [6.07, 6.45) is 7.80. The van der Waals surface area contributed by atoms with Crippen molar-refractivity contribution in [2.75, 3.05) is 0 Å². The molecule has 0 fully saturated rings. The molecule has 0 aromatic carbocycles. The Labute approximate surface area is 225 Å². The second kappa shape index (κ2) is 10.1. The van der Waals surface area contributed by atoms with Crippen molar-refractivity contribution in [2.45, 2.75) is 67.2 Å². The lowest BCUT2D eigenvalue weighted by Crippen LogP contribution is -2.06. The van der Waals surface area contributed by atoms with Crippen molar-refractivity contribution < 1.29 is 9.40 Å². The van der Waals surface area contributed by atoms with Gasteiger partial charge in [-0.25, -0.2) is 9.97 Å². The molecule has 0 unspecified atom stereocenters. The number of hydrogen-bond acceptors (Lipinski definition) is 3. The molecule has 0 saturated heterocycles. The van der Waals surface area contributed by atoms with Crippen molar-refractivity contribution in [1.29, 1.82) is 0 Å². The van der Waals surface area contributed by atoms with Gasteiger partial charge in [-0.2, -0.15) is 4.98 Å². The molecule has 0 saturated carbocycles. The van der Waals surface area contributed by atoms with Gasteiger partial charge in [0.15, 0.2) is 0 Å². The number of nitrogens with zero attached hydrogens (tertiary/aromatic N) is 2. The maximum atomic E-state index is 6.41. The van der Waals surface area contributed by atoms with Gasteiger partial charge in [0.25, 0.3) is 0 Å². The van der Waals surface area contributed by atoms with Crippen molar-refractivity contribution in [3.8, 4) is 0 Å². The van der Waals surface area contributed by atoms with E-state index >= 15 is 0 Å². The molecule has 3 aliphatic heterocycles. The second-order valence-electron chi connectivity index (χ2n) is 10.2. The summed E-state index contributed by atoms with van der Waals surface area (Å²) in [6.45, 7) is 21.0. The van der Waals surface area contributed by atoms with Gasteiger partial charge in [-0.05, 0) is 74.9 Å². The summed E-state index contributed by atoms with van der Waals surface area (Å²) in [4.78, 5) is 17.2. The van der Waals surface area contributed by atoms with Crippen LogP contribution in [0.4, 0.5) is 0 Å². The second-order valence-corrected chi connectivity index (χ2v) is 10.2. The first kappa shape index (κ1) is 25.7. The van der Waals surface area contributed by atoms with Gasteiger partial charge in [0.1, 0.15) is 0 Å². The molecule has 5 rings (SSSR count). The van der Waals surface area contributed by atoms with Gasteiger partial charge in [0, 0.05) is 33.8 Å². The molecular formula is C33H37N4O+. The lowest BCUT2D eigenvalue weighted by Gasteiger charge is -2.02. The highest BCUT2D eigenvalue weighted by molar-refractivity contribution is 5.97. The summed E-state index contributed by atoms with van der Waals surface area (Å²) in [7, 11) is 0. The van der Waals surface area contributed by atoms with E-state index in [4.69, 9.17) is 14.4 Å². The number of aryl methyl sites for hydroxylation is 2. The van der Waals surface area contributed by atoms with Gasteiger partial charge in [-0.1, -0.05) is 52.0 Å². The molecular weight excluding hydrogens is 468 g/mol. The Morgan fingerprint density at radius 2 is 1.53 bits per heavy atom. The fourth-order valence-corrected chi connectivity index (χ4v) is 5.58. The zero-order chi connectivity index (χ0) is 27.1. The molecule has 0 amide bonds. The molecule has 0 atom stereocenters. The molecule has 0 spiro atoms. The summed E-state index contributed by atoms with van der Waals surface area (Å²) in [5.74, 6) is 1.20. The Balaban J connectivity index is 1.97. The predicted molar refractivity (Wildman–Crippen MR) is 158 cm³/mol. The number of fused-ring (bicyclic) bond motifs is 8. The van der Waals surface area contributed by atoms with Crippen molar-refractivity contribution in [2.24, 2.45) is 0 Å². The molecule has 0 radical (unpaired) electrons. The van der Waals surface area contributed by atoms with Crippen LogP contribution in [0.1, 0.15) is 99.6 Å². The zero-order valence-electron chi connectivity index (χ0n) is 23.4. The molecule has 2 N–H and O–H groups in total. The van der Waals surface area contributed by atoms with E-state index in [0.29, 0.717) is 11.8 Å². The maximum absolute atomic E-state index is 6.41. The van der Waals surface area contributed by atoms with Crippen molar-refractivity contribution in [1.82, 2.24) is 15.0 Å². The highest BCUT2D eigenvalue weighted by Gasteiger charge is 2.27. The van der Waals surface area contributed by atoms with Gasteiger partial charge < -0.3 is 9.40 Å². The summed E-state index contributed by atoms with van der Waals surface area (Å²) in [5.41, 5.74) is 15.0. The molecule has 38 heavy (non-hydrogen) atoms. The smallest absolute Gasteiger partial charge is 0.381 e. The van der Waals surface area contributed by atoms with Gasteiger partial charge in [-0.3, -0.25) is 0 Å². The lowest BCUT2D eigenvalue weighted by molar-refractivity contribution is -0.398. The quantitative estimate of drug-likeness (QED) is 0.429. The van der Waals surface area contributed by atoms with Crippen LogP contribution in [0, 0.1) is 6.92 Å². The van der Waals surface area contributed by atoms with Crippen LogP contribution in [-0.2, 0) is 6.42 Å². The number of hydrogen-bond donors (Lipinski definition) is 1. The van der Waals surface area contributed by atoms with E-state index in [2.05, 4.69) is 75.9 Å². The number of rotatable bonds is 6. The fraction of sp³-hybridized carbons (Fsp3) is 0.303. The zero-order valence-corrected chi connectivity index (χ0v) is 23.4. The normalized spacial score (nSPS) is 14.4. The third kappa shape index (κ3) is 4.16. The summed E-state index contributed by atoms with van der Waals surface area (Å²) >= 11 is 0. The summed E-state index contributed by atoms with van der Waals surface area (Å²) < 4.78 is 6.41. The Morgan fingerprint density at radius 3 is 2.21 bits per heavy atom. The molecule has 2 aromatic heterocycles. The Hall–Kier alpha value is -3.99. The average molecular weight is 506 g/mol. The van der Waals surface area contributed by atoms with Crippen LogP contribution in [-0.4, -0.2) is 15.0 Å². The Kier molecular flexibility index (Phi) is 6.78. The van der Waals surface area contributed by atoms with Crippen LogP contribution in [0.3, 0.4) is 0 Å². The third-order valence-corrected chi connectivity index (χ3v) is 7.81. The molecule has 5 heteroatoms. The number of aromatic amines is 2. The predicted octanol–water partition coefficient (Wildman–Crippen LogP) is 8.34. The standard InChI is InChI=1S/C33H36N4O/c1-9-13-24-19(6)26-15-28-18(5)23(12-4)33(36-28)38-32-21(8)22(11-3)29(37-32)16-27-20(7)25(14-10-2)31(35-27)17-30(24)34-26/h11-12,15-17,35H,3-4,9-10,13-14H2,1-2,5-8H3/p+1. The van der Waals surface area contributed by atoms with Crippen molar-refractivity contribution in [3.63, 3.8) is 0 Å². The number of aromatic nitrogens is 4. The molecule has 194 valence electrons. The first-order valence-electron chi connectivity index (χ1n) is 13.5. The van der Waals surface area contributed by atoms with Crippen molar-refractivity contribution >= 4 is 44.5 Å². The Bertz CT molecular complexity index is 1650. The molecule has 2 aromatic rings. The van der Waals surface area contributed by atoms with Crippen LogP contribution in [0.15, 0.2) is 47.9 Å². The number of H-pyrrole nitrogens is 2. The Morgan fingerprint density at radius 1 is 0.816 bits per heavy atom. The number of nitrogens with one attached hydrogen (secondary N) is 2. The molecule has 8 bridgehead atoms. The van der Waals surface area contributed by atoms with Crippen LogP contribution in [0.5, 0.6) is 0 Å². The summed E-state index contributed by atoms with van der Waals surface area (Å²) in [5, 5.41) is 0. The molecule has 5 heterocycles. The van der Waals surface area contributed by atoms with E-state index in [9.17, 15) is 0 Å². The number of allylic oxidation sites excluding steroid dienone is 8. The van der Waals surface area contributed by atoms with E-state index in [-0.39, 0.29) is 0 Å². The highest BCUT2D eigenvalue weighted by atomic mass is 16.4.